The predicted molar refractivity (Wildman–Crippen MR) is 87.6 cm³/mol. The maximum absolute atomic E-state index is 12.2. The Hall–Kier alpha value is -1.60. The lowest BCUT2D eigenvalue weighted by molar-refractivity contribution is 0.103. The maximum atomic E-state index is 12.2. The number of benzene rings is 1. The molecule has 0 atom stereocenters. The fourth-order valence-corrected chi connectivity index (χ4v) is 2.67. The van der Waals surface area contributed by atoms with E-state index >= 15 is 0 Å². The number of rotatable bonds is 4. The van der Waals surface area contributed by atoms with Gasteiger partial charge in [0.25, 0.3) is 5.91 Å². The lowest BCUT2D eigenvalue weighted by Gasteiger charge is -2.10. The monoisotopic (exact) mass is 354 g/mol. The fourth-order valence-electron chi connectivity index (χ4n) is 1.50. The number of anilines is 3. The van der Waals surface area contributed by atoms with Crippen molar-refractivity contribution in [2.45, 2.75) is 6.92 Å². The Morgan fingerprint density at radius 3 is 2.70 bits per heavy atom. The Labute approximate surface area is 129 Å². The summed E-state index contributed by atoms with van der Waals surface area (Å²) < 4.78 is 0.958. The molecule has 3 N–H and O–H groups in total. The van der Waals surface area contributed by atoms with Crippen LogP contribution in [0.4, 0.5) is 16.6 Å². The second-order valence-corrected chi connectivity index (χ2v) is 6.08. The molecule has 0 bridgehead atoms. The zero-order valence-corrected chi connectivity index (χ0v) is 13.6. The summed E-state index contributed by atoms with van der Waals surface area (Å²) in [5.41, 5.74) is 6.54. The number of hydrogen-bond acceptors (Lipinski definition) is 5. The highest BCUT2D eigenvalue weighted by atomic mass is 79.9. The molecule has 7 heteroatoms. The van der Waals surface area contributed by atoms with Crippen LogP contribution >= 0.6 is 27.3 Å². The third-order valence-electron chi connectivity index (χ3n) is 2.75. The molecule has 0 saturated heterocycles. The van der Waals surface area contributed by atoms with Gasteiger partial charge in [0.1, 0.15) is 10.7 Å². The van der Waals surface area contributed by atoms with Gasteiger partial charge in [-0.05, 0) is 31.2 Å². The van der Waals surface area contributed by atoms with E-state index in [1.165, 1.54) is 11.3 Å². The van der Waals surface area contributed by atoms with Crippen LogP contribution in [0.5, 0.6) is 0 Å². The summed E-state index contributed by atoms with van der Waals surface area (Å²) in [5, 5.41) is 3.55. The zero-order chi connectivity index (χ0) is 14.7. The maximum Gasteiger partial charge on any atom is 0.269 e. The molecule has 2 rings (SSSR count). The molecule has 20 heavy (non-hydrogen) atoms. The molecular weight excluding hydrogens is 340 g/mol. The van der Waals surface area contributed by atoms with Crippen LogP contribution in [-0.2, 0) is 0 Å². The second kappa shape index (κ2) is 6.23. The number of nitrogen functional groups attached to an aromatic ring is 1. The van der Waals surface area contributed by atoms with Crippen LogP contribution in [0.15, 0.2) is 28.7 Å². The van der Waals surface area contributed by atoms with E-state index in [1.807, 2.05) is 43.1 Å². The van der Waals surface area contributed by atoms with Gasteiger partial charge in [-0.1, -0.05) is 27.3 Å². The standard InChI is InChI=1S/C13H15BrN4OS/c1-3-18(2)13-17-11(15)10(20-13)12(19)16-9-6-4-8(14)5-7-9/h4-7H,3,15H2,1-2H3,(H,16,19). The minimum Gasteiger partial charge on any atom is -0.382 e. The van der Waals surface area contributed by atoms with Gasteiger partial charge in [-0.2, -0.15) is 0 Å². The van der Waals surface area contributed by atoms with Crippen molar-refractivity contribution >= 4 is 49.8 Å². The Bertz CT molecular complexity index is 611. The van der Waals surface area contributed by atoms with Crippen molar-refractivity contribution in [3.8, 4) is 0 Å². The average molecular weight is 355 g/mol. The minimum atomic E-state index is -0.238. The first kappa shape index (κ1) is 14.8. The number of aromatic nitrogens is 1. The molecule has 1 aromatic heterocycles. The highest BCUT2D eigenvalue weighted by Crippen LogP contribution is 2.28. The third-order valence-corrected chi connectivity index (χ3v) is 4.46. The number of hydrogen-bond donors (Lipinski definition) is 2. The van der Waals surface area contributed by atoms with Crippen LogP contribution in [0.3, 0.4) is 0 Å². The van der Waals surface area contributed by atoms with Crippen LogP contribution in [0.25, 0.3) is 0 Å². The first-order valence-electron chi connectivity index (χ1n) is 6.05. The van der Waals surface area contributed by atoms with Gasteiger partial charge in [-0.25, -0.2) is 4.98 Å². The van der Waals surface area contributed by atoms with Crippen molar-refractivity contribution in [2.24, 2.45) is 0 Å². The molecule has 0 aliphatic heterocycles. The number of nitrogens with one attached hydrogen (secondary N) is 1. The van der Waals surface area contributed by atoms with Gasteiger partial charge < -0.3 is 16.0 Å². The van der Waals surface area contributed by atoms with Crippen molar-refractivity contribution in [3.63, 3.8) is 0 Å². The largest absolute Gasteiger partial charge is 0.382 e. The lowest BCUT2D eigenvalue weighted by atomic mass is 10.3. The van der Waals surface area contributed by atoms with Crippen molar-refractivity contribution in [1.82, 2.24) is 4.98 Å². The summed E-state index contributed by atoms with van der Waals surface area (Å²) in [6.07, 6.45) is 0. The molecule has 0 unspecified atom stereocenters. The molecule has 1 aromatic carbocycles. The van der Waals surface area contributed by atoms with Crippen molar-refractivity contribution < 1.29 is 4.79 Å². The first-order chi connectivity index (χ1) is 9.51. The molecule has 0 saturated carbocycles. The molecule has 106 valence electrons. The van der Waals surface area contributed by atoms with Gasteiger partial charge >= 0.3 is 0 Å². The summed E-state index contributed by atoms with van der Waals surface area (Å²) in [4.78, 5) is 18.8. The summed E-state index contributed by atoms with van der Waals surface area (Å²) in [6, 6.07) is 7.36. The van der Waals surface area contributed by atoms with Gasteiger partial charge in [-0.15, -0.1) is 0 Å². The van der Waals surface area contributed by atoms with Gasteiger partial charge in [0, 0.05) is 23.8 Å². The lowest BCUT2D eigenvalue weighted by Crippen LogP contribution is -2.15. The van der Waals surface area contributed by atoms with E-state index in [1.54, 1.807) is 0 Å². The van der Waals surface area contributed by atoms with E-state index in [0.29, 0.717) is 4.88 Å². The Morgan fingerprint density at radius 2 is 2.10 bits per heavy atom. The molecule has 0 aliphatic rings. The van der Waals surface area contributed by atoms with Crippen LogP contribution in [0, 0.1) is 0 Å². The quantitative estimate of drug-likeness (QED) is 0.884. The molecular formula is C13H15BrN4OS. The average Bonchev–Trinajstić information content (AvgIpc) is 2.82. The molecule has 0 radical (unpaired) electrons. The van der Waals surface area contributed by atoms with Gasteiger partial charge in [-0.3, -0.25) is 4.79 Å². The SMILES string of the molecule is CCN(C)c1nc(N)c(C(=O)Nc2ccc(Br)cc2)s1. The first-order valence-corrected chi connectivity index (χ1v) is 7.66. The summed E-state index contributed by atoms with van der Waals surface area (Å²) in [6.45, 7) is 2.82. The van der Waals surface area contributed by atoms with Gasteiger partial charge in [0.05, 0.1) is 0 Å². The number of thiazole rings is 1. The fraction of sp³-hybridized carbons (Fsp3) is 0.231. The molecule has 0 spiro atoms. The highest BCUT2D eigenvalue weighted by Gasteiger charge is 2.17. The van der Waals surface area contributed by atoms with Crippen LogP contribution in [-0.4, -0.2) is 24.5 Å². The number of halogens is 1. The molecule has 0 fully saturated rings. The van der Waals surface area contributed by atoms with Gasteiger partial charge in [0.2, 0.25) is 0 Å². The minimum absolute atomic E-state index is 0.238. The van der Waals surface area contributed by atoms with Gasteiger partial charge in [0.15, 0.2) is 5.13 Å². The Morgan fingerprint density at radius 1 is 1.45 bits per heavy atom. The molecule has 5 nitrogen and oxygen atoms in total. The van der Waals surface area contributed by atoms with E-state index < -0.39 is 0 Å². The molecule has 2 aromatic rings. The number of carbonyl (C=O) groups is 1. The Balaban J connectivity index is 2.17. The number of nitrogens with two attached hydrogens (primary N) is 1. The van der Waals surface area contributed by atoms with E-state index in [0.717, 1.165) is 21.8 Å². The van der Waals surface area contributed by atoms with E-state index in [4.69, 9.17) is 5.73 Å². The van der Waals surface area contributed by atoms with Crippen LogP contribution < -0.4 is 16.0 Å². The predicted octanol–water partition coefficient (Wildman–Crippen LogP) is 3.20. The van der Waals surface area contributed by atoms with Crippen molar-refractivity contribution in [1.29, 1.82) is 0 Å². The number of nitrogens with zero attached hydrogens (tertiary/aromatic N) is 2. The molecule has 1 heterocycles. The molecule has 1 amide bonds. The van der Waals surface area contributed by atoms with E-state index in [9.17, 15) is 4.79 Å². The second-order valence-electron chi connectivity index (χ2n) is 4.19. The van der Waals surface area contributed by atoms with Crippen LogP contribution in [0.1, 0.15) is 16.6 Å². The summed E-state index contributed by atoms with van der Waals surface area (Å²) in [7, 11) is 1.91. The Kier molecular flexibility index (Phi) is 4.61. The topological polar surface area (TPSA) is 71.2 Å². The summed E-state index contributed by atoms with van der Waals surface area (Å²) >= 11 is 4.64. The van der Waals surface area contributed by atoms with E-state index in [-0.39, 0.29) is 11.7 Å². The summed E-state index contributed by atoms with van der Waals surface area (Å²) in [5.74, 6) is 0.0259. The van der Waals surface area contributed by atoms with Crippen molar-refractivity contribution in [2.75, 3.05) is 29.5 Å². The third kappa shape index (κ3) is 3.29. The number of carbonyl (C=O) groups excluding carboxylic acids is 1. The van der Waals surface area contributed by atoms with Crippen molar-refractivity contribution in [3.05, 3.63) is 33.6 Å². The smallest absolute Gasteiger partial charge is 0.269 e. The molecule has 0 aliphatic carbocycles. The van der Waals surface area contributed by atoms with Crippen LogP contribution in [0.2, 0.25) is 0 Å². The zero-order valence-electron chi connectivity index (χ0n) is 11.2. The normalized spacial score (nSPS) is 10.3. The van der Waals surface area contributed by atoms with E-state index in [2.05, 4.69) is 26.2 Å². The highest BCUT2D eigenvalue weighted by molar-refractivity contribution is 9.10. The number of amides is 1.